The van der Waals surface area contributed by atoms with Crippen LogP contribution in [-0.2, 0) is 6.32 Å². The van der Waals surface area contributed by atoms with Crippen LogP contribution in [0, 0.1) is 0 Å². The van der Waals surface area contributed by atoms with Crippen LogP contribution in [0.3, 0.4) is 0 Å². The van der Waals surface area contributed by atoms with Crippen molar-refractivity contribution < 1.29 is 20.0 Å². The number of benzene rings is 1. The first-order chi connectivity index (χ1) is 10.8. The second-order valence-electron chi connectivity index (χ2n) is 4.27. The van der Waals surface area contributed by atoms with E-state index in [0.717, 1.165) is 5.56 Å². The van der Waals surface area contributed by atoms with Gasteiger partial charge in [0.05, 0.1) is 0 Å². The molecule has 3 rings (SSSR count). The Morgan fingerprint density at radius 1 is 0.636 bits per heavy atom. The number of hydrogen-bond acceptors (Lipinski definition) is 2. The quantitative estimate of drug-likeness (QED) is 0.623. The lowest BCUT2D eigenvalue weighted by molar-refractivity contribution is -0.378. The number of H-pyrrole nitrogens is 2. The van der Waals surface area contributed by atoms with E-state index >= 15 is 0 Å². The standard InChI is InChI=1S/C7H7BO2.2C5H5N/c9-8(10)6-7-4-2-1-3-5-7;2*1-2-4-6-5-3-1/h1-5H,6H2;2*1-5H/q-2;;/p+2. The van der Waals surface area contributed by atoms with E-state index in [1.807, 2.05) is 79.4 Å². The first-order valence-electron chi connectivity index (χ1n) is 6.97. The van der Waals surface area contributed by atoms with Crippen molar-refractivity contribution >= 4 is 7.12 Å². The number of nitrogens with one attached hydrogen (secondary N) is 2. The molecule has 2 aromatic heterocycles. The molecule has 0 aliphatic carbocycles. The third-order valence-corrected chi connectivity index (χ3v) is 2.46. The Labute approximate surface area is 131 Å². The number of aromatic amines is 2. The Hall–Kier alpha value is -2.50. The zero-order chi connectivity index (χ0) is 15.9. The van der Waals surface area contributed by atoms with Gasteiger partial charge in [-0.15, -0.1) is 7.12 Å². The molecule has 5 heteroatoms. The smallest absolute Gasteiger partial charge is 0.166 e. The monoisotopic (exact) mass is 294 g/mol. The summed E-state index contributed by atoms with van der Waals surface area (Å²) in [6, 6.07) is 20.8. The van der Waals surface area contributed by atoms with Crippen LogP contribution in [-0.4, -0.2) is 7.12 Å². The summed E-state index contributed by atoms with van der Waals surface area (Å²) < 4.78 is 0. The van der Waals surface area contributed by atoms with Crippen molar-refractivity contribution in [3.63, 3.8) is 0 Å². The lowest BCUT2D eigenvalue weighted by Crippen LogP contribution is -2.47. The summed E-state index contributed by atoms with van der Waals surface area (Å²) in [6.45, 7) is 0. The SMILES string of the molecule is [O-]B([O-])Cc1ccccc1.c1cc[nH+]cc1.c1cc[nH+]cc1. The molecule has 0 saturated heterocycles. The summed E-state index contributed by atoms with van der Waals surface area (Å²) >= 11 is 0. The van der Waals surface area contributed by atoms with Crippen molar-refractivity contribution in [1.82, 2.24) is 0 Å². The first kappa shape index (κ1) is 17.6. The number of hydrogen-bond donors (Lipinski definition) is 0. The fourth-order valence-electron chi connectivity index (χ4n) is 1.49. The minimum absolute atomic E-state index is 0.0842. The topological polar surface area (TPSA) is 74.4 Å². The third-order valence-electron chi connectivity index (χ3n) is 2.46. The van der Waals surface area contributed by atoms with Gasteiger partial charge in [0, 0.05) is 24.3 Å². The van der Waals surface area contributed by atoms with Gasteiger partial charge in [0.1, 0.15) is 0 Å². The summed E-state index contributed by atoms with van der Waals surface area (Å²) in [4.78, 5) is 5.78. The van der Waals surface area contributed by atoms with E-state index in [-0.39, 0.29) is 6.32 Å². The van der Waals surface area contributed by atoms with Crippen molar-refractivity contribution in [2.75, 3.05) is 0 Å². The second kappa shape index (κ2) is 12.3. The third kappa shape index (κ3) is 10.3. The molecule has 2 heterocycles. The van der Waals surface area contributed by atoms with Gasteiger partial charge in [-0.1, -0.05) is 54.3 Å². The predicted molar refractivity (Wildman–Crippen MR) is 81.9 cm³/mol. The minimum Gasteiger partial charge on any atom is -0.893 e. The second-order valence-corrected chi connectivity index (χ2v) is 4.27. The molecule has 3 aromatic rings. The number of aromatic nitrogens is 2. The van der Waals surface area contributed by atoms with Gasteiger partial charge < -0.3 is 10.0 Å². The Kier molecular flexibility index (Phi) is 9.78. The average Bonchev–Trinajstić information content (AvgIpc) is 2.59. The van der Waals surface area contributed by atoms with Gasteiger partial charge in [-0.25, -0.2) is 9.97 Å². The van der Waals surface area contributed by atoms with Gasteiger partial charge in [-0.2, -0.15) is 0 Å². The van der Waals surface area contributed by atoms with Crippen LogP contribution in [0.1, 0.15) is 5.56 Å². The maximum absolute atomic E-state index is 10.1. The highest BCUT2D eigenvalue weighted by atomic mass is 16.4. The summed E-state index contributed by atoms with van der Waals surface area (Å²) in [5, 5.41) is 20.3. The van der Waals surface area contributed by atoms with E-state index in [1.165, 1.54) is 0 Å². The van der Waals surface area contributed by atoms with Gasteiger partial charge in [0.2, 0.25) is 0 Å². The highest BCUT2D eigenvalue weighted by Gasteiger charge is 1.84. The maximum atomic E-state index is 10.1. The normalized spacial score (nSPS) is 8.64. The summed E-state index contributed by atoms with van der Waals surface area (Å²) in [6.07, 6.45) is 7.58. The van der Waals surface area contributed by atoms with Crippen LogP contribution in [0.4, 0.5) is 0 Å². The van der Waals surface area contributed by atoms with Crippen LogP contribution in [0.5, 0.6) is 0 Å². The first-order valence-corrected chi connectivity index (χ1v) is 6.97. The Bertz CT molecular complexity index is 481. The van der Waals surface area contributed by atoms with Crippen LogP contribution >= 0.6 is 0 Å². The molecule has 1 aromatic carbocycles. The van der Waals surface area contributed by atoms with Gasteiger partial charge in [0.25, 0.3) is 0 Å². The van der Waals surface area contributed by atoms with Crippen molar-refractivity contribution in [3.05, 3.63) is 97.1 Å². The molecule has 0 fully saturated rings. The zero-order valence-corrected chi connectivity index (χ0v) is 12.3. The summed E-state index contributed by atoms with van der Waals surface area (Å²) in [5.74, 6) is 0. The molecule has 0 amide bonds. The predicted octanol–water partition coefficient (Wildman–Crippen LogP) is -0.0215. The lowest BCUT2D eigenvalue weighted by atomic mass is 9.82. The van der Waals surface area contributed by atoms with Crippen LogP contribution < -0.4 is 20.0 Å². The summed E-state index contributed by atoms with van der Waals surface area (Å²) in [7, 11) is -1.73. The number of rotatable bonds is 2. The van der Waals surface area contributed by atoms with E-state index in [9.17, 15) is 10.0 Å². The molecule has 0 atom stereocenters. The van der Waals surface area contributed by atoms with E-state index in [1.54, 1.807) is 12.1 Å². The van der Waals surface area contributed by atoms with Crippen LogP contribution in [0.15, 0.2) is 91.5 Å². The van der Waals surface area contributed by atoms with Crippen LogP contribution in [0.25, 0.3) is 0 Å². The van der Waals surface area contributed by atoms with Crippen LogP contribution in [0.2, 0.25) is 0 Å². The highest BCUT2D eigenvalue weighted by Crippen LogP contribution is 1.97. The molecule has 112 valence electrons. The van der Waals surface area contributed by atoms with E-state index in [0.29, 0.717) is 0 Å². The molecule has 2 N–H and O–H groups in total. The fourth-order valence-corrected chi connectivity index (χ4v) is 1.49. The maximum Gasteiger partial charge on any atom is 0.166 e. The molecular formula is C17H19BN2O2. The molecule has 0 spiro atoms. The minimum atomic E-state index is -1.73. The Balaban J connectivity index is 0.000000174. The molecule has 22 heavy (non-hydrogen) atoms. The van der Waals surface area contributed by atoms with Gasteiger partial charge in [0.15, 0.2) is 24.8 Å². The molecule has 0 unspecified atom stereocenters. The summed E-state index contributed by atoms with van der Waals surface area (Å²) in [5.41, 5.74) is 0.817. The van der Waals surface area contributed by atoms with E-state index < -0.39 is 7.12 Å². The van der Waals surface area contributed by atoms with Gasteiger partial charge in [-0.3, -0.25) is 0 Å². The highest BCUT2D eigenvalue weighted by molar-refractivity contribution is 6.36. The average molecular weight is 294 g/mol. The van der Waals surface area contributed by atoms with Crippen molar-refractivity contribution in [3.8, 4) is 0 Å². The lowest BCUT2D eigenvalue weighted by Gasteiger charge is -2.25. The van der Waals surface area contributed by atoms with E-state index in [2.05, 4.69) is 9.97 Å². The van der Waals surface area contributed by atoms with Gasteiger partial charge >= 0.3 is 0 Å². The van der Waals surface area contributed by atoms with Crippen molar-refractivity contribution in [2.24, 2.45) is 0 Å². The Morgan fingerprint density at radius 3 is 1.32 bits per heavy atom. The number of pyridine rings is 2. The van der Waals surface area contributed by atoms with E-state index in [4.69, 9.17) is 0 Å². The fraction of sp³-hybridized carbons (Fsp3) is 0.0588. The molecule has 0 radical (unpaired) electrons. The molecular weight excluding hydrogens is 275 g/mol. The van der Waals surface area contributed by atoms with Gasteiger partial charge in [-0.05, 0) is 0 Å². The molecule has 0 bridgehead atoms. The molecule has 0 saturated carbocycles. The Morgan fingerprint density at radius 2 is 1.05 bits per heavy atom. The van der Waals surface area contributed by atoms with Crippen molar-refractivity contribution in [1.29, 1.82) is 0 Å². The largest absolute Gasteiger partial charge is 0.893 e. The van der Waals surface area contributed by atoms with Crippen molar-refractivity contribution in [2.45, 2.75) is 6.32 Å². The molecule has 4 nitrogen and oxygen atoms in total. The molecule has 0 aliphatic heterocycles. The molecule has 0 aliphatic rings. The zero-order valence-electron chi connectivity index (χ0n) is 12.3.